The third-order valence-corrected chi connectivity index (χ3v) is 4.99. The first-order valence-electron chi connectivity index (χ1n) is 13.8. The zero-order valence-electron chi connectivity index (χ0n) is 24.2. The molecule has 0 fully saturated rings. The van der Waals surface area contributed by atoms with Gasteiger partial charge in [0, 0.05) is 18.6 Å². The highest BCUT2D eigenvalue weighted by molar-refractivity contribution is 5.91. The second-order valence-corrected chi connectivity index (χ2v) is 8.44. The number of carbonyl (C=O) groups excluding carboxylic acids is 4. The van der Waals surface area contributed by atoms with Gasteiger partial charge in [-0.25, -0.2) is 14.4 Å². The van der Waals surface area contributed by atoms with Crippen molar-refractivity contribution in [1.29, 1.82) is 0 Å². The Hall–Kier alpha value is -3.92. The topological polar surface area (TPSA) is 137 Å². The first kappa shape index (κ1) is 37.1. The third-order valence-electron chi connectivity index (χ3n) is 4.99. The van der Waals surface area contributed by atoms with Crippen LogP contribution < -0.4 is 5.32 Å². The van der Waals surface area contributed by atoms with Crippen molar-refractivity contribution in [3.8, 4) is 0 Å². The molecule has 0 aliphatic rings. The standard InChI is InChI=1S/C31H45NO9/c1-3-4-5-6-7-8-9-10-11-12-13-14-15-16-17-18-19-20-29(35)39-24-23-32-31(37)40-26-27(25-33)41-30(36)22-21-28(34)38-2/h4-5,7-8,10-11,13-14,16-17,21-22,27,33H,3,6,9,12,15,18-20,23-26H2,1-2H3,(H,32,37)/b5-4-,8-7-,11-10-,14-13-,17-16-,22-21+. The van der Waals surface area contributed by atoms with Crippen LogP contribution in [0.2, 0.25) is 0 Å². The number of hydrogen-bond donors (Lipinski definition) is 2. The molecule has 0 aromatic heterocycles. The maximum atomic E-state index is 11.8. The van der Waals surface area contributed by atoms with E-state index >= 15 is 0 Å². The molecule has 0 saturated carbocycles. The summed E-state index contributed by atoms with van der Waals surface area (Å²) in [5, 5.41) is 11.6. The van der Waals surface area contributed by atoms with Crippen LogP contribution in [0.5, 0.6) is 0 Å². The van der Waals surface area contributed by atoms with Gasteiger partial charge in [-0.3, -0.25) is 4.79 Å². The summed E-state index contributed by atoms with van der Waals surface area (Å²) in [5.74, 6) is -2.02. The largest absolute Gasteiger partial charge is 0.466 e. The van der Waals surface area contributed by atoms with E-state index in [0.29, 0.717) is 6.42 Å². The predicted molar refractivity (Wildman–Crippen MR) is 157 cm³/mol. The van der Waals surface area contributed by atoms with Crippen LogP contribution in [0.25, 0.3) is 0 Å². The number of ether oxygens (including phenoxy) is 4. The fraction of sp³-hybridized carbons (Fsp3) is 0.484. The number of allylic oxidation sites excluding steroid dienone is 10. The highest BCUT2D eigenvalue weighted by Crippen LogP contribution is 2.01. The lowest BCUT2D eigenvalue weighted by molar-refractivity contribution is -0.147. The van der Waals surface area contributed by atoms with Gasteiger partial charge in [0.2, 0.25) is 0 Å². The molecule has 1 unspecified atom stereocenters. The molecule has 0 saturated heterocycles. The van der Waals surface area contributed by atoms with Gasteiger partial charge in [-0.15, -0.1) is 0 Å². The maximum absolute atomic E-state index is 11.8. The molecule has 1 amide bonds. The summed E-state index contributed by atoms with van der Waals surface area (Å²) in [6.07, 6.45) is 27.5. The molecule has 0 heterocycles. The van der Waals surface area contributed by atoms with Gasteiger partial charge in [0.15, 0.2) is 6.10 Å². The molecular weight excluding hydrogens is 530 g/mol. The van der Waals surface area contributed by atoms with E-state index in [-0.39, 0.29) is 25.5 Å². The minimum absolute atomic E-state index is 0.0215. The van der Waals surface area contributed by atoms with Gasteiger partial charge in [-0.1, -0.05) is 67.7 Å². The molecule has 10 nitrogen and oxygen atoms in total. The van der Waals surface area contributed by atoms with Crippen LogP contribution >= 0.6 is 0 Å². The van der Waals surface area contributed by atoms with E-state index in [2.05, 4.69) is 71.7 Å². The Morgan fingerprint density at radius 3 is 1.90 bits per heavy atom. The number of methoxy groups -OCH3 is 1. The highest BCUT2D eigenvalue weighted by atomic mass is 16.6. The summed E-state index contributed by atoms with van der Waals surface area (Å²) in [6, 6.07) is 0. The van der Waals surface area contributed by atoms with E-state index in [1.54, 1.807) is 0 Å². The van der Waals surface area contributed by atoms with Crippen LogP contribution in [0, 0.1) is 0 Å². The van der Waals surface area contributed by atoms with Gasteiger partial charge in [-0.2, -0.15) is 0 Å². The van der Waals surface area contributed by atoms with Crippen molar-refractivity contribution in [1.82, 2.24) is 5.32 Å². The van der Waals surface area contributed by atoms with Gasteiger partial charge >= 0.3 is 24.0 Å². The monoisotopic (exact) mass is 575 g/mol. The molecule has 228 valence electrons. The smallest absolute Gasteiger partial charge is 0.407 e. The van der Waals surface area contributed by atoms with Crippen LogP contribution in [0.1, 0.15) is 58.3 Å². The summed E-state index contributed by atoms with van der Waals surface area (Å²) < 4.78 is 19.1. The quantitative estimate of drug-likeness (QED) is 0.0612. The Kier molecular flexibility index (Phi) is 25.0. The van der Waals surface area contributed by atoms with Crippen molar-refractivity contribution in [3.05, 3.63) is 72.9 Å². The normalized spacial score (nSPS) is 12.7. The Bertz CT molecular complexity index is 917. The minimum atomic E-state index is -1.11. The van der Waals surface area contributed by atoms with Crippen LogP contribution in [-0.4, -0.2) is 68.7 Å². The van der Waals surface area contributed by atoms with Crippen molar-refractivity contribution in [2.24, 2.45) is 0 Å². The van der Waals surface area contributed by atoms with E-state index < -0.39 is 37.3 Å². The molecule has 0 aliphatic carbocycles. The first-order chi connectivity index (χ1) is 19.9. The van der Waals surface area contributed by atoms with Crippen molar-refractivity contribution in [3.63, 3.8) is 0 Å². The molecule has 0 bridgehead atoms. The third kappa shape index (κ3) is 26.1. The number of unbranched alkanes of at least 4 members (excludes halogenated alkanes) is 1. The molecule has 0 radical (unpaired) electrons. The SMILES string of the molecule is CC/C=C\C/C=C\C/C=C\C/C=C\C/C=C\CCCC(=O)OCCNC(=O)OCC(CO)OC(=O)/C=C/C(=O)OC. The zero-order chi connectivity index (χ0) is 30.4. The molecule has 0 aromatic carbocycles. The Morgan fingerprint density at radius 2 is 1.34 bits per heavy atom. The lowest BCUT2D eigenvalue weighted by atomic mass is 10.2. The van der Waals surface area contributed by atoms with Gasteiger partial charge in [0.25, 0.3) is 0 Å². The number of alkyl carbamates (subject to hydrolysis) is 1. The van der Waals surface area contributed by atoms with E-state index in [1.807, 2.05) is 6.08 Å². The van der Waals surface area contributed by atoms with Gasteiger partial charge < -0.3 is 29.4 Å². The molecule has 0 rings (SSSR count). The van der Waals surface area contributed by atoms with Crippen LogP contribution in [0.15, 0.2) is 72.9 Å². The van der Waals surface area contributed by atoms with Crippen molar-refractivity contribution in [2.75, 3.05) is 33.5 Å². The molecule has 2 N–H and O–H groups in total. The maximum Gasteiger partial charge on any atom is 0.407 e. The van der Waals surface area contributed by atoms with Gasteiger partial charge in [0.1, 0.15) is 13.2 Å². The highest BCUT2D eigenvalue weighted by Gasteiger charge is 2.15. The molecule has 10 heteroatoms. The van der Waals surface area contributed by atoms with Crippen LogP contribution in [0.3, 0.4) is 0 Å². The summed E-state index contributed by atoms with van der Waals surface area (Å²) in [4.78, 5) is 46.0. The second kappa shape index (κ2) is 27.6. The number of amides is 1. The number of carbonyl (C=O) groups is 4. The van der Waals surface area contributed by atoms with Crippen molar-refractivity contribution >= 4 is 24.0 Å². The summed E-state index contributed by atoms with van der Waals surface area (Å²) >= 11 is 0. The van der Waals surface area contributed by atoms with Gasteiger partial charge in [-0.05, 0) is 44.9 Å². The number of aliphatic hydroxyl groups is 1. The van der Waals surface area contributed by atoms with Crippen molar-refractivity contribution in [2.45, 2.75) is 64.4 Å². The van der Waals surface area contributed by atoms with E-state index in [9.17, 15) is 24.3 Å². The molecule has 0 aromatic rings. The average Bonchev–Trinajstić information content (AvgIpc) is 2.97. The molecule has 0 spiro atoms. The van der Waals surface area contributed by atoms with E-state index in [4.69, 9.17) is 14.2 Å². The molecule has 41 heavy (non-hydrogen) atoms. The summed E-state index contributed by atoms with van der Waals surface area (Å²) in [6.45, 7) is 1.14. The fourth-order valence-electron chi connectivity index (χ4n) is 2.87. The second-order valence-electron chi connectivity index (χ2n) is 8.44. The van der Waals surface area contributed by atoms with E-state index in [1.165, 1.54) is 0 Å². The van der Waals surface area contributed by atoms with Crippen molar-refractivity contribution < 1.29 is 43.2 Å². The molecular formula is C31H45NO9. The number of hydrogen-bond acceptors (Lipinski definition) is 9. The van der Waals surface area contributed by atoms with Gasteiger partial charge in [0.05, 0.1) is 20.3 Å². The molecule has 1 atom stereocenters. The summed E-state index contributed by atoms with van der Waals surface area (Å²) in [7, 11) is 1.15. The predicted octanol–water partition coefficient (Wildman–Crippen LogP) is 4.81. The van der Waals surface area contributed by atoms with Crippen LogP contribution in [-0.2, 0) is 33.3 Å². The zero-order valence-corrected chi connectivity index (χ0v) is 24.2. The Labute approximate surface area is 243 Å². The minimum Gasteiger partial charge on any atom is -0.466 e. The number of rotatable bonds is 22. The Morgan fingerprint density at radius 1 is 0.780 bits per heavy atom. The van der Waals surface area contributed by atoms with Crippen LogP contribution in [0.4, 0.5) is 4.79 Å². The Balaban J connectivity index is 3.80. The molecule has 0 aliphatic heterocycles. The number of esters is 3. The average molecular weight is 576 g/mol. The number of nitrogens with one attached hydrogen (secondary N) is 1. The lowest BCUT2D eigenvalue weighted by Gasteiger charge is -2.15. The first-order valence-corrected chi connectivity index (χ1v) is 13.8. The van der Waals surface area contributed by atoms with E-state index in [0.717, 1.165) is 57.8 Å². The lowest BCUT2D eigenvalue weighted by Crippen LogP contribution is -2.33. The fourth-order valence-corrected chi connectivity index (χ4v) is 2.87. The number of aliphatic hydroxyl groups excluding tert-OH is 1. The summed E-state index contributed by atoms with van der Waals surface area (Å²) in [5.41, 5.74) is 0.